The van der Waals surface area contributed by atoms with Crippen LogP contribution in [0.4, 0.5) is 0 Å². The fourth-order valence-electron chi connectivity index (χ4n) is 5.34. The van der Waals surface area contributed by atoms with Crippen LogP contribution in [-0.4, -0.2) is 10.7 Å². The zero-order valence-electron chi connectivity index (χ0n) is 13.1. The fraction of sp³-hybridized carbons (Fsp3) is 1.00. The maximum atomic E-state index is 10.9. The van der Waals surface area contributed by atoms with E-state index in [4.69, 9.17) is 0 Å². The van der Waals surface area contributed by atoms with E-state index >= 15 is 0 Å². The highest BCUT2D eigenvalue weighted by Gasteiger charge is 2.45. The average molecular weight is 264 g/mol. The van der Waals surface area contributed by atoms with Gasteiger partial charge in [0.1, 0.15) is 0 Å². The Kier molecular flexibility index (Phi) is 3.48. The Morgan fingerprint density at radius 3 is 2.16 bits per heavy atom. The van der Waals surface area contributed by atoms with Crippen molar-refractivity contribution in [1.82, 2.24) is 0 Å². The minimum atomic E-state index is -0.309. The first-order chi connectivity index (χ1) is 8.86. The van der Waals surface area contributed by atoms with Crippen LogP contribution >= 0.6 is 0 Å². The summed E-state index contributed by atoms with van der Waals surface area (Å²) in [5.41, 5.74) is 0.116. The molecule has 1 heteroatoms. The largest absolute Gasteiger partial charge is 0.390 e. The molecular formula is C18H32O. The van der Waals surface area contributed by atoms with Gasteiger partial charge in [0.15, 0.2) is 0 Å². The molecule has 3 saturated carbocycles. The third-order valence-electron chi connectivity index (χ3n) is 6.67. The summed E-state index contributed by atoms with van der Waals surface area (Å²) in [6.07, 6.45) is 11.5. The number of aliphatic hydroxyl groups is 1. The zero-order chi connectivity index (χ0) is 13.7. The van der Waals surface area contributed by atoms with E-state index in [-0.39, 0.29) is 5.60 Å². The van der Waals surface area contributed by atoms with Crippen LogP contribution in [0.15, 0.2) is 0 Å². The molecule has 0 aromatic rings. The highest BCUT2D eigenvalue weighted by atomic mass is 16.3. The minimum absolute atomic E-state index is 0.309. The van der Waals surface area contributed by atoms with E-state index < -0.39 is 0 Å². The molecule has 0 aromatic carbocycles. The van der Waals surface area contributed by atoms with Crippen molar-refractivity contribution in [3.05, 3.63) is 0 Å². The second kappa shape index (κ2) is 4.76. The van der Waals surface area contributed by atoms with E-state index in [0.717, 1.165) is 42.9 Å². The molecule has 0 aromatic heterocycles. The highest BCUT2D eigenvalue weighted by molar-refractivity contribution is 4.96. The molecule has 3 fully saturated rings. The molecule has 3 rings (SSSR count). The van der Waals surface area contributed by atoms with E-state index in [1.165, 1.54) is 38.5 Å². The smallest absolute Gasteiger partial charge is 0.0650 e. The maximum Gasteiger partial charge on any atom is 0.0650 e. The Morgan fingerprint density at radius 1 is 1.00 bits per heavy atom. The lowest BCUT2D eigenvalue weighted by molar-refractivity contribution is -0.0474. The third kappa shape index (κ3) is 2.86. The molecule has 0 heterocycles. The van der Waals surface area contributed by atoms with Crippen molar-refractivity contribution >= 4 is 0 Å². The van der Waals surface area contributed by atoms with Gasteiger partial charge in [-0.1, -0.05) is 27.2 Å². The molecular weight excluding hydrogens is 232 g/mol. The van der Waals surface area contributed by atoms with E-state index in [1.807, 2.05) is 0 Å². The first-order valence-corrected chi connectivity index (χ1v) is 8.58. The van der Waals surface area contributed by atoms with Gasteiger partial charge in [-0.15, -0.1) is 0 Å². The summed E-state index contributed by atoms with van der Waals surface area (Å²) in [7, 11) is 0. The van der Waals surface area contributed by atoms with Gasteiger partial charge in [0.2, 0.25) is 0 Å². The van der Waals surface area contributed by atoms with Crippen LogP contribution in [0.3, 0.4) is 0 Å². The molecule has 110 valence electrons. The Balaban J connectivity index is 1.54. The van der Waals surface area contributed by atoms with Gasteiger partial charge in [-0.3, -0.25) is 0 Å². The summed E-state index contributed by atoms with van der Waals surface area (Å²) in [6.45, 7) is 7.08. The van der Waals surface area contributed by atoms with Crippen LogP contribution in [-0.2, 0) is 0 Å². The predicted molar refractivity (Wildman–Crippen MR) is 79.9 cm³/mol. The van der Waals surface area contributed by atoms with Crippen molar-refractivity contribution in [2.45, 2.75) is 84.2 Å². The molecule has 3 atom stereocenters. The highest BCUT2D eigenvalue weighted by Crippen LogP contribution is 2.53. The normalized spacial score (nSPS) is 46.7. The van der Waals surface area contributed by atoms with Gasteiger partial charge in [-0.2, -0.15) is 0 Å². The van der Waals surface area contributed by atoms with Crippen molar-refractivity contribution in [3.8, 4) is 0 Å². The Bertz CT molecular complexity index is 319. The first kappa shape index (κ1) is 13.9. The van der Waals surface area contributed by atoms with Crippen molar-refractivity contribution in [1.29, 1.82) is 0 Å². The predicted octanol–water partition coefficient (Wildman–Crippen LogP) is 4.78. The van der Waals surface area contributed by atoms with Gasteiger partial charge in [0.25, 0.3) is 0 Å². The van der Waals surface area contributed by atoms with Gasteiger partial charge in [0.05, 0.1) is 5.60 Å². The SMILES string of the molecule is CC(C)(C)C1CCC(O)(CC2CC3CCC2C3)CC1. The van der Waals surface area contributed by atoms with Crippen LogP contribution in [0.2, 0.25) is 0 Å². The molecule has 0 aliphatic heterocycles. The Morgan fingerprint density at radius 2 is 1.68 bits per heavy atom. The lowest BCUT2D eigenvalue weighted by atomic mass is 9.66. The molecule has 1 N–H and O–H groups in total. The summed E-state index contributed by atoms with van der Waals surface area (Å²) in [6, 6.07) is 0. The molecule has 19 heavy (non-hydrogen) atoms. The Hall–Kier alpha value is -0.0400. The summed E-state index contributed by atoms with van der Waals surface area (Å²) in [5.74, 6) is 3.65. The summed E-state index contributed by atoms with van der Waals surface area (Å²) in [4.78, 5) is 0. The van der Waals surface area contributed by atoms with Crippen LogP contribution in [0, 0.1) is 29.1 Å². The monoisotopic (exact) mass is 264 g/mol. The molecule has 3 aliphatic carbocycles. The lowest BCUT2D eigenvalue weighted by Gasteiger charge is -2.43. The van der Waals surface area contributed by atoms with Gasteiger partial charge < -0.3 is 5.11 Å². The van der Waals surface area contributed by atoms with Gasteiger partial charge >= 0.3 is 0 Å². The van der Waals surface area contributed by atoms with Crippen molar-refractivity contribution in [3.63, 3.8) is 0 Å². The molecule has 2 bridgehead atoms. The summed E-state index contributed by atoms with van der Waals surface area (Å²) < 4.78 is 0. The van der Waals surface area contributed by atoms with Gasteiger partial charge in [-0.05, 0) is 80.5 Å². The van der Waals surface area contributed by atoms with Crippen LogP contribution in [0.1, 0.15) is 78.6 Å². The zero-order valence-corrected chi connectivity index (χ0v) is 13.1. The number of hydrogen-bond acceptors (Lipinski definition) is 1. The molecule has 0 amide bonds. The minimum Gasteiger partial charge on any atom is -0.390 e. The topological polar surface area (TPSA) is 20.2 Å². The molecule has 0 spiro atoms. The van der Waals surface area contributed by atoms with E-state index in [9.17, 15) is 5.11 Å². The van der Waals surface area contributed by atoms with Crippen molar-refractivity contribution in [2.24, 2.45) is 29.1 Å². The summed E-state index contributed by atoms with van der Waals surface area (Å²) >= 11 is 0. The quantitative estimate of drug-likeness (QED) is 0.761. The van der Waals surface area contributed by atoms with Crippen LogP contribution in [0.5, 0.6) is 0 Å². The number of fused-ring (bicyclic) bond motifs is 2. The van der Waals surface area contributed by atoms with Gasteiger partial charge in [-0.25, -0.2) is 0 Å². The maximum absolute atomic E-state index is 10.9. The second-order valence-electron chi connectivity index (χ2n) is 9.00. The van der Waals surface area contributed by atoms with Crippen molar-refractivity contribution in [2.75, 3.05) is 0 Å². The van der Waals surface area contributed by atoms with E-state index in [2.05, 4.69) is 20.8 Å². The van der Waals surface area contributed by atoms with Gasteiger partial charge in [0, 0.05) is 0 Å². The fourth-order valence-corrected chi connectivity index (χ4v) is 5.34. The third-order valence-corrected chi connectivity index (χ3v) is 6.67. The number of hydrogen-bond donors (Lipinski definition) is 1. The molecule has 1 nitrogen and oxygen atoms in total. The Labute approximate surface area is 119 Å². The lowest BCUT2D eigenvalue weighted by Crippen LogP contribution is -2.39. The van der Waals surface area contributed by atoms with Crippen LogP contribution in [0.25, 0.3) is 0 Å². The second-order valence-corrected chi connectivity index (χ2v) is 9.00. The molecule has 3 aliphatic rings. The molecule has 3 unspecified atom stereocenters. The molecule has 0 radical (unpaired) electrons. The van der Waals surface area contributed by atoms with Crippen molar-refractivity contribution < 1.29 is 5.11 Å². The van der Waals surface area contributed by atoms with E-state index in [0.29, 0.717) is 5.41 Å². The first-order valence-electron chi connectivity index (χ1n) is 8.58. The molecule has 0 saturated heterocycles. The van der Waals surface area contributed by atoms with E-state index in [1.54, 1.807) is 0 Å². The standard InChI is InChI=1S/C18H32O/c1-17(2,3)16-6-8-18(19,9-7-16)12-15-11-13-4-5-14(15)10-13/h13-16,19H,4-12H2,1-3H3. The average Bonchev–Trinajstić information content (AvgIpc) is 2.89. The summed E-state index contributed by atoms with van der Waals surface area (Å²) in [5, 5.41) is 10.9. The number of rotatable bonds is 2. The van der Waals surface area contributed by atoms with Crippen LogP contribution < -0.4 is 0 Å².